The first-order chi connectivity index (χ1) is 13.7. The molecule has 1 aromatic heterocycles. The SMILES string of the molecule is CC(=O)N1CCN(c2cc(Cl)nc(SCC(=O)N3CC(C)OC(C)C3)n2)CC1C. The number of halogens is 1. The first-order valence-corrected chi connectivity index (χ1v) is 11.2. The van der Waals surface area contributed by atoms with Gasteiger partial charge in [0.1, 0.15) is 11.0 Å². The van der Waals surface area contributed by atoms with Gasteiger partial charge in [-0.3, -0.25) is 9.59 Å². The number of hydrogen-bond donors (Lipinski definition) is 0. The minimum Gasteiger partial charge on any atom is -0.372 e. The molecule has 0 N–H and O–H groups in total. The summed E-state index contributed by atoms with van der Waals surface area (Å²) in [7, 11) is 0. The van der Waals surface area contributed by atoms with E-state index in [-0.39, 0.29) is 35.8 Å². The van der Waals surface area contributed by atoms with Crippen LogP contribution in [0.3, 0.4) is 0 Å². The Morgan fingerprint density at radius 2 is 1.86 bits per heavy atom. The minimum atomic E-state index is 0.0392. The Labute approximate surface area is 180 Å². The Hall–Kier alpha value is -1.58. The molecule has 2 aliphatic rings. The van der Waals surface area contributed by atoms with E-state index in [4.69, 9.17) is 16.3 Å². The minimum absolute atomic E-state index is 0.0392. The highest BCUT2D eigenvalue weighted by molar-refractivity contribution is 7.99. The molecule has 3 rings (SSSR count). The monoisotopic (exact) mass is 441 g/mol. The van der Waals surface area contributed by atoms with Gasteiger partial charge in [-0.05, 0) is 20.8 Å². The standard InChI is InChI=1S/C19H28ClN5O3S/c1-12-8-23(5-6-25(12)15(4)26)17-7-16(20)21-19(22-17)29-11-18(27)24-9-13(2)28-14(3)10-24/h7,12-14H,5-6,8-11H2,1-4H3. The highest BCUT2D eigenvalue weighted by Gasteiger charge is 2.28. The van der Waals surface area contributed by atoms with Gasteiger partial charge in [-0.2, -0.15) is 0 Å². The van der Waals surface area contributed by atoms with Gasteiger partial charge in [-0.15, -0.1) is 0 Å². The highest BCUT2D eigenvalue weighted by atomic mass is 35.5. The summed E-state index contributed by atoms with van der Waals surface area (Å²) in [5.74, 6) is 1.11. The molecule has 2 fully saturated rings. The quantitative estimate of drug-likeness (QED) is 0.401. The van der Waals surface area contributed by atoms with Crippen molar-refractivity contribution in [2.75, 3.05) is 43.4 Å². The maximum Gasteiger partial charge on any atom is 0.233 e. The van der Waals surface area contributed by atoms with Gasteiger partial charge in [0.2, 0.25) is 11.8 Å². The number of piperazine rings is 1. The van der Waals surface area contributed by atoms with Crippen molar-refractivity contribution in [2.24, 2.45) is 0 Å². The smallest absolute Gasteiger partial charge is 0.233 e. The molecule has 3 atom stereocenters. The molecule has 3 heterocycles. The van der Waals surface area contributed by atoms with Crippen LogP contribution < -0.4 is 4.90 Å². The molecule has 0 bridgehead atoms. The van der Waals surface area contributed by atoms with E-state index in [2.05, 4.69) is 14.9 Å². The molecule has 0 saturated carbocycles. The number of rotatable bonds is 4. The van der Waals surface area contributed by atoms with Crippen LogP contribution in [0, 0.1) is 0 Å². The second-order valence-electron chi connectivity index (χ2n) is 7.68. The van der Waals surface area contributed by atoms with Crippen molar-refractivity contribution in [1.82, 2.24) is 19.8 Å². The molecule has 0 spiro atoms. The van der Waals surface area contributed by atoms with Crippen molar-refractivity contribution in [3.8, 4) is 0 Å². The number of carbonyl (C=O) groups excluding carboxylic acids is 2. The van der Waals surface area contributed by atoms with Crippen LogP contribution in [0.25, 0.3) is 0 Å². The number of aromatic nitrogens is 2. The zero-order valence-electron chi connectivity index (χ0n) is 17.3. The van der Waals surface area contributed by atoms with Crippen LogP contribution in [0.1, 0.15) is 27.7 Å². The van der Waals surface area contributed by atoms with E-state index in [0.29, 0.717) is 43.0 Å². The summed E-state index contributed by atoms with van der Waals surface area (Å²) < 4.78 is 5.69. The van der Waals surface area contributed by atoms with Crippen molar-refractivity contribution in [3.63, 3.8) is 0 Å². The molecule has 29 heavy (non-hydrogen) atoms. The summed E-state index contributed by atoms with van der Waals surface area (Å²) in [5.41, 5.74) is 0. The molecule has 1 aromatic rings. The number of hydrogen-bond acceptors (Lipinski definition) is 7. The summed E-state index contributed by atoms with van der Waals surface area (Å²) in [5, 5.41) is 0.831. The summed E-state index contributed by atoms with van der Waals surface area (Å²) in [6, 6.07) is 1.83. The normalized spacial score (nSPS) is 25.3. The topological polar surface area (TPSA) is 78.9 Å². The first-order valence-electron chi connectivity index (χ1n) is 9.85. The van der Waals surface area contributed by atoms with Crippen LogP contribution in [-0.2, 0) is 14.3 Å². The average Bonchev–Trinajstić information content (AvgIpc) is 2.64. The van der Waals surface area contributed by atoms with Gasteiger partial charge in [0, 0.05) is 51.8 Å². The number of nitrogens with zero attached hydrogens (tertiary/aromatic N) is 5. The fraction of sp³-hybridized carbons (Fsp3) is 0.684. The maximum atomic E-state index is 12.6. The number of ether oxygens (including phenoxy) is 1. The Morgan fingerprint density at radius 1 is 1.17 bits per heavy atom. The van der Waals surface area contributed by atoms with E-state index in [1.54, 1.807) is 13.0 Å². The fourth-order valence-electron chi connectivity index (χ4n) is 3.84. The Morgan fingerprint density at radius 3 is 2.48 bits per heavy atom. The lowest BCUT2D eigenvalue weighted by atomic mass is 10.2. The van der Waals surface area contributed by atoms with Crippen LogP contribution in [-0.4, -0.2) is 88.3 Å². The largest absolute Gasteiger partial charge is 0.372 e. The van der Waals surface area contributed by atoms with Crippen molar-refractivity contribution in [2.45, 2.75) is 51.1 Å². The molecule has 2 saturated heterocycles. The molecule has 3 unspecified atom stereocenters. The van der Waals surface area contributed by atoms with Gasteiger partial charge in [0.15, 0.2) is 5.16 Å². The van der Waals surface area contributed by atoms with Crippen LogP contribution in [0.2, 0.25) is 5.15 Å². The van der Waals surface area contributed by atoms with E-state index in [0.717, 1.165) is 5.82 Å². The van der Waals surface area contributed by atoms with Crippen LogP contribution >= 0.6 is 23.4 Å². The summed E-state index contributed by atoms with van der Waals surface area (Å²) in [6.07, 6.45) is 0.0785. The summed E-state index contributed by atoms with van der Waals surface area (Å²) in [6.45, 7) is 10.8. The fourth-order valence-corrected chi connectivity index (χ4v) is 4.83. The van der Waals surface area contributed by atoms with Crippen LogP contribution in [0.5, 0.6) is 0 Å². The van der Waals surface area contributed by atoms with Gasteiger partial charge >= 0.3 is 0 Å². The number of anilines is 1. The third-order valence-corrected chi connectivity index (χ3v) is 6.14. The predicted octanol–water partition coefficient (Wildman–Crippen LogP) is 1.91. The number of thioether (sulfide) groups is 1. The van der Waals surface area contributed by atoms with Gasteiger partial charge in [-0.25, -0.2) is 9.97 Å². The third-order valence-electron chi connectivity index (χ3n) is 5.11. The second kappa shape index (κ2) is 9.49. The summed E-state index contributed by atoms with van der Waals surface area (Å²) >= 11 is 7.51. The summed E-state index contributed by atoms with van der Waals surface area (Å²) in [4.78, 5) is 39.0. The Bertz CT molecular complexity index is 757. The highest BCUT2D eigenvalue weighted by Crippen LogP contribution is 2.24. The molecule has 8 nitrogen and oxygen atoms in total. The zero-order chi connectivity index (χ0) is 21.1. The predicted molar refractivity (Wildman–Crippen MR) is 113 cm³/mol. The van der Waals surface area contributed by atoms with E-state index < -0.39 is 0 Å². The lowest BCUT2D eigenvalue weighted by Gasteiger charge is -2.40. The van der Waals surface area contributed by atoms with Gasteiger partial charge in [0.25, 0.3) is 0 Å². The number of carbonyl (C=O) groups is 2. The Kier molecular flexibility index (Phi) is 7.23. The first kappa shape index (κ1) is 22.1. The third kappa shape index (κ3) is 5.73. The van der Waals surface area contributed by atoms with Gasteiger partial charge in [0.05, 0.1) is 18.0 Å². The molecule has 0 aromatic carbocycles. The molecule has 0 radical (unpaired) electrons. The van der Waals surface area contributed by atoms with E-state index in [9.17, 15) is 9.59 Å². The van der Waals surface area contributed by atoms with E-state index in [1.165, 1.54) is 11.8 Å². The maximum absolute atomic E-state index is 12.6. The van der Waals surface area contributed by atoms with Crippen LogP contribution in [0.4, 0.5) is 5.82 Å². The lowest BCUT2D eigenvalue weighted by molar-refractivity contribution is -0.140. The Balaban J connectivity index is 1.62. The van der Waals surface area contributed by atoms with Gasteiger partial charge < -0.3 is 19.4 Å². The lowest BCUT2D eigenvalue weighted by Crippen LogP contribution is -2.53. The molecule has 160 valence electrons. The second-order valence-corrected chi connectivity index (χ2v) is 9.01. The van der Waals surface area contributed by atoms with Crippen molar-refractivity contribution < 1.29 is 14.3 Å². The molecule has 0 aliphatic carbocycles. The van der Waals surface area contributed by atoms with Gasteiger partial charge in [-0.1, -0.05) is 23.4 Å². The van der Waals surface area contributed by atoms with E-state index in [1.807, 2.05) is 30.6 Å². The average molecular weight is 442 g/mol. The number of morpholine rings is 1. The van der Waals surface area contributed by atoms with Crippen LogP contribution in [0.15, 0.2) is 11.2 Å². The molecule has 10 heteroatoms. The van der Waals surface area contributed by atoms with Crippen molar-refractivity contribution in [3.05, 3.63) is 11.2 Å². The van der Waals surface area contributed by atoms with E-state index >= 15 is 0 Å². The van der Waals surface area contributed by atoms with Crippen molar-refractivity contribution >= 4 is 41.0 Å². The zero-order valence-corrected chi connectivity index (χ0v) is 18.9. The molecular weight excluding hydrogens is 414 g/mol. The van der Waals surface area contributed by atoms with Crippen molar-refractivity contribution in [1.29, 1.82) is 0 Å². The number of amides is 2. The molecular formula is C19H28ClN5O3S. The molecule has 2 aliphatic heterocycles. The molecule has 2 amide bonds.